The summed E-state index contributed by atoms with van der Waals surface area (Å²) >= 11 is 0. The van der Waals surface area contributed by atoms with Gasteiger partial charge in [0.25, 0.3) is 0 Å². The number of aryl methyl sites for hydroxylation is 2. The zero-order valence-electron chi connectivity index (χ0n) is 17.4. The predicted octanol–water partition coefficient (Wildman–Crippen LogP) is 3.10. The van der Waals surface area contributed by atoms with Crippen LogP contribution in [0.15, 0.2) is 48.8 Å². The number of piperazine rings is 1. The van der Waals surface area contributed by atoms with Crippen LogP contribution in [0.2, 0.25) is 0 Å². The lowest BCUT2D eigenvalue weighted by molar-refractivity contribution is -0.121. The van der Waals surface area contributed by atoms with Gasteiger partial charge in [0.05, 0.1) is 11.7 Å². The van der Waals surface area contributed by atoms with Crippen LogP contribution < -0.4 is 5.32 Å². The first kappa shape index (κ1) is 19.6. The van der Waals surface area contributed by atoms with E-state index in [-0.39, 0.29) is 11.9 Å². The number of benzene rings is 1. The number of nitrogens with one attached hydrogen (secondary N) is 1. The number of nitrogens with zero attached hydrogens (tertiary/aromatic N) is 4. The zero-order valence-corrected chi connectivity index (χ0v) is 17.4. The van der Waals surface area contributed by atoms with E-state index in [9.17, 15) is 4.79 Å². The number of hydrogen-bond acceptors (Lipinski definition) is 4. The first-order valence-corrected chi connectivity index (χ1v) is 10.3. The van der Waals surface area contributed by atoms with Crippen molar-refractivity contribution in [1.82, 2.24) is 19.2 Å². The molecular weight excluding hydrogens is 362 g/mol. The van der Waals surface area contributed by atoms with Crippen LogP contribution in [0.5, 0.6) is 0 Å². The lowest BCUT2D eigenvalue weighted by Gasteiger charge is -2.37. The van der Waals surface area contributed by atoms with Gasteiger partial charge in [-0.3, -0.25) is 14.6 Å². The van der Waals surface area contributed by atoms with Gasteiger partial charge in [0.1, 0.15) is 5.65 Å². The van der Waals surface area contributed by atoms with Crippen molar-refractivity contribution >= 4 is 17.2 Å². The summed E-state index contributed by atoms with van der Waals surface area (Å²) in [4.78, 5) is 22.1. The van der Waals surface area contributed by atoms with Crippen molar-refractivity contribution in [2.45, 2.75) is 33.4 Å². The third-order valence-electron chi connectivity index (χ3n) is 5.77. The highest BCUT2D eigenvalue weighted by atomic mass is 16.2. The average molecular weight is 392 g/mol. The van der Waals surface area contributed by atoms with Gasteiger partial charge in [0.15, 0.2) is 0 Å². The first-order chi connectivity index (χ1) is 14.0. The number of aromatic nitrogens is 2. The molecule has 6 nitrogen and oxygen atoms in total. The molecule has 1 aliphatic heterocycles. The van der Waals surface area contributed by atoms with E-state index in [1.165, 1.54) is 5.56 Å². The molecule has 1 amide bonds. The monoisotopic (exact) mass is 391 g/mol. The minimum atomic E-state index is -0.145. The van der Waals surface area contributed by atoms with Crippen LogP contribution in [0.1, 0.15) is 23.7 Å². The molecule has 6 heteroatoms. The third kappa shape index (κ3) is 4.49. The molecule has 0 saturated carbocycles. The van der Waals surface area contributed by atoms with Crippen LogP contribution in [0.25, 0.3) is 5.65 Å². The second-order valence-electron chi connectivity index (χ2n) is 7.99. The van der Waals surface area contributed by atoms with Crippen LogP contribution in [-0.2, 0) is 11.3 Å². The zero-order chi connectivity index (χ0) is 20.4. The number of fused-ring (bicyclic) bond motifs is 1. The Kier molecular flexibility index (Phi) is 5.65. The van der Waals surface area contributed by atoms with E-state index in [4.69, 9.17) is 4.98 Å². The molecule has 29 heavy (non-hydrogen) atoms. The SMILES string of the molecule is Cc1ccc(NC(=O)C(C)N2CCN(Cc3cn4ccccc4n3)CC2)c(C)c1. The molecule has 3 aromatic rings. The summed E-state index contributed by atoms with van der Waals surface area (Å²) in [6.45, 7) is 10.6. The highest BCUT2D eigenvalue weighted by Crippen LogP contribution is 2.18. The van der Waals surface area contributed by atoms with Crippen LogP contribution in [0, 0.1) is 13.8 Å². The van der Waals surface area contributed by atoms with Crippen LogP contribution >= 0.6 is 0 Å². The van der Waals surface area contributed by atoms with Crippen molar-refractivity contribution in [1.29, 1.82) is 0 Å². The normalized spacial score (nSPS) is 16.8. The molecule has 1 N–H and O–H groups in total. The Morgan fingerprint density at radius 3 is 2.66 bits per heavy atom. The summed E-state index contributed by atoms with van der Waals surface area (Å²) in [5, 5.41) is 3.09. The van der Waals surface area contributed by atoms with E-state index in [0.717, 1.165) is 55.3 Å². The molecule has 1 aromatic carbocycles. The van der Waals surface area contributed by atoms with Gasteiger partial charge in [0.2, 0.25) is 5.91 Å². The highest BCUT2D eigenvalue weighted by Gasteiger charge is 2.26. The number of amides is 1. The number of rotatable bonds is 5. The summed E-state index contributed by atoms with van der Waals surface area (Å²) in [7, 11) is 0. The maximum atomic E-state index is 12.7. The van der Waals surface area contributed by atoms with Gasteiger partial charge in [-0.1, -0.05) is 23.8 Å². The Morgan fingerprint density at radius 2 is 1.93 bits per heavy atom. The Labute approximate surface area is 172 Å². The minimum absolute atomic E-state index is 0.0609. The molecular formula is C23H29N5O. The molecule has 1 saturated heterocycles. The van der Waals surface area contributed by atoms with E-state index in [2.05, 4.69) is 38.7 Å². The van der Waals surface area contributed by atoms with Crippen molar-refractivity contribution in [3.05, 3.63) is 65.6 Å². The Hall–Kier alpha value is -2.70. The fourth-order valence-electron chi connectivity index (χ4n) is 3.96. The molecule has 3 heterocycles. The Bertz CT molecular complexity index is 970. The number of carbonyl (C=O) groups is 1. The summed E-state index contributed by atoms with van der Waals surface area (Å²) in [6, 6.07) is 12.0. The maximum Gasteiger partial charge on any atom is 0.241 e. The smallest absolute Gasteiger partial charge is 0.241 e. The molecule has 2 aromatic heterocycles. The van der Waals surface area contributed by atoms with E-state index < -0.39 is 0 Å². The second kappa shape index (κ2) is 8.35. The number of pyridine rings is 1. The quantitative estimate of drug-likeness (QED) is 0.726. The Morgan fingerprint density at radius 1 is 1.14 bits per heavy atom. The molecule has 152 valence electrons. The minimum Gasteiger partial charge on any atom is -0.324 e. The van der Waals surface area contributed by atoms with Gasteiger partial charge in [-0.25, -0.2) is 4.98 Å². The van der Waals surface area contributed by atoms with Crippen LogP contribution in [0.3, 0.4) is 0 Å². The lowest BCUT2D eigenvalue weighted by Crippen LogP contribution is -2.52. The number of imidazole rings is 1. The van der Waals surface area contributed by atoms with Gasteiger partial charge in [-0.05, 0) is 44.5 Å². The van der Waals surface area contributed by atoms with Gasteiger partial charge >= 0.3 is 0 Å². The second-order valence-corrected chi connectivity index (χ2v) is 7.99. The molecule has 0 spiro atoms. The van der Waals surface area contributed by atoms with Gasteiger partial charge in [0, 0.05) is 50.8 Å². The summed E-state index contributed by atoms with van der Waals surface area (Å²) in [5.41, 5.74) is 5.28. The molecule has 1 unspecified atom stereocenters. The molecule has 1 atom stereocenters. The van der Waals surface area contributed by atoms with E-state index in [1.54, 1.807) is 0 Å². The van der Waals surface area contributed by atoms with Crippen LogP contribution in [-0.4, -0.2) is 57.3 Å². The van der Waals surface area contributed by atoms with E-state index >= 15 is 0 Å². The number of carbonyl (C=O) groups excluding carboxylic acids is 1. The number of anilines is 1. The van der Waals surface area contributed by atoms with Gasteiger partial charge in [-0.15, -0.1) is 0 Å². The molecule has 0 bridgehead atoms. The van der Waals surface area contributed by atoms with Crippen molar-refractivity contribution in [3.63, 3.8) is 0 Å². The van der Waals surface area contributed by atoms with Gasteiger partial charge < -0.3 is 9.72 Å². The predicted molar refractivity (Wildman–Crippen MR) is 116 cm³/mol. The van der Waals surface area contributed by atoms with Crippen molar-refractivity contribution in [2.75, 3.05) is 31.5 Å². The van der Waals surface area contributed by atoms with Crippen molar-refractivity contribution in [2.24, 2.45) is 0 Å². The Balaban J connectivity index is 1.30. The molecule has 1 fully saturated rings. The number of hydrogen-bond donors (Lipinski definition) is 1. The maximum absolute atomic E-state index is 12.7. The van der Waals surface area contributed by atoms with E-state index in [1.807, 2.05) is 50.4 Å². The van der Waals surface area contributed by atoms with E-state index in [0.29, 0.717) is 0 Å². The third-order valence-corrected chi connectivity index (χ3v) is 5.77. The van der Waals surface area contributed by atoms with Gasteiger partial charge in [-0.2, -0.15) is 0 Å². The fourth-order valence-corrected chi connectivity index (χ4v) is 3.96. The largest absolute Gasteiger partial charge is 0.324 e. The molecule has 4 rings (SSSR count). The topological polar surface area (TPSA) is 52.9 Å². The molecule has 0 aliphatic carbocycles. The summed E-state index contributed by atoms with van der Waals surface area (Å²) in [5.74, 6) is 0.0609. The highest BCUT2D eigenvalue weighted by molar-refractivity contribution is 5.95. The molecule has 0 radical (unpaired) electrons. The first-order valence-electron chi connectivity index (χ1n) is 10.3. The standard InChI is InChI=1S/C23H29N5O/c1-17-7-8-21(18(2)14-17)25-23(29)19(3)27-12-10-26(11-13-27)15-20-16-28-9-5-4-6-22(28)24-20/h4-9,14,16,19H,10-13,15H2,1-3H3,(H,25,29). The summed E-state index contributed by atoms with van der Waals surface area (Å²) in [6.07, 6.45) is 4.13. The summed E-state index contributed by atoms with van der Waals surface area (Å²) < 4.78 is 2.06. The van der Waals surface area contributed by atoms with Crippen molar-refractivity contribution in [3.8, 4) is 0 Å². The lowest BCUT2D eigenvalue weighted by atomic mass is 10.1. The average Bonchev–Trinajstić information content (AvgIpc) is 3.12. The fraction of sp³-hybridized carbons (Fsp3) is 0.391. The molecule has 1 aliphatic rings. The van der Waals surface area contributed by atoms with Crippen LogP contribution in [0.4, 0.5) is 5.69 Å². The van der Waals surface area contributed by atoms with Crippen molar-refractivity contribution < 1.29 is 4.79 Å².